The largest absolute Gasteiger partial charge is 0.586 e. The first-order valence-corrected chi connectivity index (χ1v) is 11.1. The Morgan fingerprint density at radius 2 is 1.74 bits per heavy atom. The molecule has 0 atom stereocenters. The number of halogens is 2. The van der Waals surface area contributed by atoms with Gasteiger partial charge in [-0.25, -0.2) is 4.79 Å². The fraction of sp³-hybridized carbons (Fsp3) is 0.259. The number of cyclic esters (lactones) is 1. The van der Waals surface area contributed by atoms with E-state index in [1.807, 2.05) is 43.3 Å². The van der Waals surface area contributed by atoms with Crippen molar-refractivity contribution in [2.75, 3.05) is 0 Å². The molecule has 1 aliphatic carbocycles. The van der Waals surface area contributed by atoms with Crippen LogP contribution in [0.15, 0.2) is 54.6 Å². The third-order valence-corrected chi connectivity index (χ3v) is 6.90. The Balaban J connectivity index is 1.27. The molecule has 0 spiro atoms. The SMILES string of the molecule is Cc1ccc(CC(=O)C2(c3ccc4c(c3)OC(F)(F)O4)CC2)cc1-c1ccc2c(c1)C(=O)OC2. The monoisotopic (exact) mass is 462 g/mol. The highest BCUT2D eigenvalue weighted by Crippen LogP contribution is 2.52. The van der Waals surface area contributed by atoms with E-state index in [9.17, 15) is 18.4 Å². The second-order valence-electron chi connectivity index (χ2n) is 9.11. The van der Waals surface area contributed by atoms with Gasteiger partial charge in [-0.1, -0.05) is 36.4 Å². The average molecular weight is 462 g/mol. The number of esters is 1. The maximum atomic E-state index is 13.4. The van der Waals surface area contributed by atoms with Gasteiger partial charge in [0.15, 0.2) is 11.5 Å². The molecule has 0 N–H and O–H groups in total. The quantitative estimate of drug-likeness (QED) is 0.469. The number of hydrogen-bond donors (Lipinski definition) is 0. The van der Waals surface area contributed by atoms with E-state index in [2.05, 4.69) is 9.47 Å². The van der Waals surface area contributed by atoms with Crippen LogP contribution in [-0.4, -0.2) is 18.0 Å². The van der Waals surface area contributed by atoms with Crippen LogP contribution in [-0.2, 0) is 28.0 Å². The lowest BCUT2D eigenvalue weighted by Gasteiger charge is -2.16. The molecular weight excluding hydrogens is 442 g/mol. The summed E-state index contributed by atoms with van der Waals surface area (Å²) >= 11 is 0. The summed E-state index contributed by atoms with van der Waals surface area (Å²) in [6.45, 7) is 2.28. The Hall–Kier alpha value is -3.74. The Bertz CT molecular complexity index is 1370. The molecule has 0 bridgehead atoms. The molecule has 0 radical (unpaired) electrons. The predicted molar refractivity (Wildman–Crippen MR) is 118 cm³/mol. The second-order valence-corrected chi connectivity index (χ2v) is 9.11. The van der Waals surface area contributed by atoms with Crippen LogP contribution in [0.25, 0.3) is 11.1 Å². The Morgan fingerprint density at radius 1 is 0.941 bits per heavy atom. The Kier molecular flexibility index (Phi) is 4.37. The van der Waals surface area contributed by atoms with Crippen LogP contribution in [0.2, 0.25) is 0 Å². The fourth-order valence-corrected chi connectivity index (χ4v) is 4.83. The number of carbonyl (C=O) groups excluding carboxylic acids is 2. The topological polar surface area (TPSA) is 61.8 Å². The molecule has 3 aromatic rings. The van der Waals surface area contributed by atoms with Crippen molar-refractivity contribution in [2.24, 2.45) is 0 Å². The van der Waals surface area contributed by atoms with Crippen molar-refractivity contribution in [1.82, 2.24) is 0 Å². The summed E-state index contributed by atoms with van der Waals surface area (Å²) in [5.41, 5.74) is 5.14. The summed E-state index contributed by atoms with van der Waals surface area (Å²) in [6, 6.07) is 16.1. The third kappa shape index (κ3) is 3.34. The van der Waals surface area contributed by atoms with E-state index in [0.717, 1.165) is 27.8 Å². The lowest BCUT2D eigenvalue weighted by molar-refractivity contribution is -0.286. The zero-order valence-electron chi connectivity index (χ0n) is 18.3. The molecule has 0 aromatic heterocycles. The number of alkyl halides is 2. The minimum atomic E-state index is -3.69. The number of ketones is 1. The minimum absolute atomic E-state index is 0.0293. The first kappa shape index (κ1) is 20.8. The van der Waals surface area contributed by atoms with Gasteiger partial charge < -0.3 is 14.2 Å². The molecule has 0 unspecified atom stereocenters. The van der Waals surface area contributed by atoms with Crippen LogP contribution in [0.5, 0.6) is 11.5 Å². The molecule has 7 heteroatoms. The van der Waals surface area contributed by atoms with Crippen molar-refractivity contribution in [3.8, 4) is 22.6 Å². The molecule has 2 heterocycles. The smallest absolute Gasteiger partial charge is 0.457 e. The number of rotatable bonds is 5. The first-order chi connectivity index (χ1) is 16.2. The molecule has 3 aromatic carbocycles. The van der Waals surface area contributed by atoms with E-state index < -0.39 is 11.7 Å². The third-order valence-electron chi connectivity index (χ3n) is 6.90. The molecule has 3 aliphatic rings. The predicted octanol–water partition coefficient (Wildman–Crippen LogP) is 5.50. The van der Waals surface area contributed by atoms with Gasteiger partial charge in [-0.15, -0.1) is 8.78 Å². The molecule has 0 amide bonds. The second kappa shape index (κ2) is 7.13. The number of carbonyl (C=O) groups is 2. The lowest BCUT2D eigenvalue weighted by Crippen LogP contribution is -2.26. The van der Waals surface area contributed by atoms with Crippen molar-refractivity contribution < 1.29 is 32.6 Å². The van der Waals surface area contributed by atoms with Crippen LogP contribution in [0.4, 0.5) is 8.78 Å². The van der Waals surface area contributed by atoms with Crippen LogP contribution in [0.1, 0.15) is 45.5 Å². The molecule has 5 nitrogen and oxygen atoms in total. The number of ether oxygens (including phenoxy) is 3. The van der Waals surface area contributed by atoms with Gasteiger partial charge in [-0.3, -0.25) is 4.79 Å². The highest BCUT2D eigenvalue weighted by molar-refractivity contribution is 5.96. The van der Waals surface area contributed by atoms with Gasteiger partial charge in [0, 0.05) is 12.0 Å². The molecule has 1 saturated carbocycles. The first-order valence-electron chi connectivity index (χ1n) is 11.1. The summed E-state index contributed by atoms with van der Waals surface area (Å²) in [4.78, 5) is 25.4. The van der Waals surface area contributed by atoms with E-state index in [-0.39, 0.29) is 29.7 Å². The molecule has 2 aliphatic heterocycles. The highest BCUT2D eigenvalue weighted by Gasteiger charge is 2.52. The molecule has 0 saturated heterocycles. The van der Waals surface area contributed by atoms with Crippen LogP contribution < -0.4 is 9.47 Å². The van der Waals surface area contributed by atoms with Gasteiger partial charge in [0.25, 0.3) is 0 Å². The zero-order chi connectivity index (χ0) is 23.7. The number of aryl methyl sites for hydroxylation is 1. The Labute approximate surface area is 194 Å². The van der Waals surface area contributed by atoms with Crippen molar-refractivity contribution in [2.45, 2.75) is 44.5 Å². The fourth-order valence-electron chi connectivity index (χ4n) is 4.83. The molecular formula is C27H20F2O5. The standard InChI is InChI=1S/C27H20F2O5/c1-15-2-3-16(10-20(15)17-4-5-18-14-32-25(31)21(18)12-17)11-24(30)26(8-9-26)19-6-7-22-23(13-19)34-27(28,29)33-22/h2-7,10,12-13H,8-9,11,14H2,1H3. The normalized spacial score (nSPS) is 18.4. The zero-order valence-corrected chi connectivity index (χ0v) is 18.3. The van der Waals surface area contributed by atoms with Gasteiger partial charge in [0.2, 0.25) is 0 Å². The van der Waals surface area contributed by atoms with E-state index in [4.69, 9.17) is 4.74 Å². The summed E-state index contributed by atoms with van der Waals surface area (Å²) < 4.78 is 40.9. The van der Waals surface area contributed by atoms with E-state index >= 15 is 0 Å². The van der Waals surface area contributed by atoms with E-state index in [1.165, 1.54) is 12.1 Å². The van der Waals surface area contributed by atoms with Crippen LogP contribution >= 0.6 is 0 Å². The molecule has 172 valence electrons. The van der Waals surface area contributed by atoms with Crippen molar-refractivity contribution in [1.29, 1.82) is 0 Å². The minimum Gasteiger partial charge on any atom is -0.457 e. The summed E-state index contributed by atoms with van der Waals surface area (Å²) in [6.07, 6.45) is -2.15. The van der Waals surface area contributed by atoms with Gasteiger partial charge in [0.1, 0.15) is 12.4 Å². The summed E-state index contributed by atoms with van der Waals surface area (Å²) in [7, 11) is 0. The number of fused-ring (bicyclic) bond motifs is 2. The van der Waals surface area contributed by atoms with Crippen LogP contribution in [0.3, 0.4) is 0 Å². The molecule has 1 fully saturated rings. The van der Waals surface area contributed by atoms with Crippen molar-refractivity contribution >= 4 is 11.8 Å². The van der Waals surface area contributed by atoms with Crippen molar-refractivity contribution in [3.05, 3.63) is 82.4 Å². The number of hydrogen-bond acceptors (Lipinski definition) is 5. The molecule has 34 heavy (non-hydrogen) atoms. The maximum Gasteiger partial charge on any atom is 0.586 e. The number of Topliss-reactive ketones (excluding diaryl/α,β-unsaturated/α-hetero) is 1. The molecule has 6 rings (SSSR count). The summed E-state index contributed by atoms with van der Waals surface area (Å²) in [5.74, 6) is -0.365. The van der Waals surface area contributed by atoms with Gasteiger partial charge >= 0.3 is 12.3 Å². The van der Waals surface area contributed by atoms with Gasteiger partial charge in [0.05, 0.1) is 11.0 Å². The van der Waals surface area contributed by atoms with Gasteiger partial charge in [-0.2, -0.15) is 0 Å². The average Bonchev–Trinajstić information content (AvgIpc) is 3.45. The maximum absolute atomic E-state index is 13.4. The van der Waals surface area contributed by atoms with E-state index in [1.54, 1.807) is 6.07 Å². The summed E-state index contributed by atoms with van der Waals surface area (Å²) in [5, 5.41) is 0. The number of benzene rings is 3. The van der Waals surface area contributed by atoms with Gasteiger partial charge in [-0.05, 0) is 65.8 Å². The van der Waals surface area contributed by atoms with E-state index in [0.29, 0.717) is 30.6 Å². The van der Waals surface area contributed by atoms with Crippen LogP contribution in [0, 0.1) is 6.92 Å². The van der Waals surface area contributed by atoms with Crippen molar-refractivity contribution in [3.63, 3.8) is 0 Å². The lowest BCUT2D eigenvalue weighted by atomic mass is 9.86. The Morgan fingerprint density at radius 3 is 2.53 bits per heavy atom. The highest BCUT2D eigenvalue weighted by atomic mass is 19.3.